The molecule has 0 fully saturated rings. The summed E-state index contributed by atoms with van der Waals surface area (Å²) in [5.41, 5.74) is 8.59. The zero-order valence-corrected chi connectivity index (χ0v) is 26.3. The number of rotatable bonds is 2. The van der Waals surface area contributed by atoms with Crippen LogP contribution in [0.1, 0.15) is 11.1 Å². The Morgan fingerprint density at radius 2 is 0.840 bits per heavy atom. The summed E-state index contributed by atoms with van der Waals surface area (Å²) >= 11 is 0. The lowest BCUT2D eigenvalue weighted by Gasteiger charge is -2.15. The lowest BCUT2D eigenvalue weighted by molar-refractivity contribution is 0.670. The molecule has 50 heavy (non-hydrogen) atoms. The molecule has 0 aliphatic rings. The third-order valence-corrected chi connectivity index (χ3v) is 10.2. The average Bonchev–Trinajstić information content (AvgIpc) is 3.92. The first kappa shape index (κ1) is 26.8. The second-order valence-corrected chi connectivity index (χ2v) is 12.7. The van der Waals surface area contributed by atoms with Crippen molar-refractivity contribution in [3.8, 4) is 23.5 Å². The van der Waals surface area contributed by atoms with Crippen LogP contribution in [0, 0.1) is 22.7 Å². The minimum absolute atomic E-state index is 0.373. The van der Waals surface area contributed by atoms with Gasteiger partial charge in [0.2, 0.25) is 0 Å². The summed E-state index contributed by atoms with van der Waals surface area (Å²) in [7, 11) is 0. The molecule has 0 aliphatic carbocycles. The number of furan rings is 2. The molecule has 230 valence electrons. The molecule has 0 radical (unpaired) electrons. The normalized spacial score (nSPS) is 12.0. The lowest BCUT2D eigenvalue weighted by Crippen LogP contribution is -2.04. The summed E-state index contributed by atoms with van der Waals surface area (Å²) < 4.78 is 17.3. The molecule has 11 aromatic rings. The van der Waals surface area contributed by atoms with Crippen LogP contribution < -0.4 is 0 Å². The third kappa shape index (κ3) is 3.34. The van der Waals surface area contributed by atoms with Crippen LogP contribution in [0.4, 0.5) is 0 Å². The fourth-order valence-corrected chi connectivity index (χ4v) is 8.12. The molecular formula is C44H22N4O2. The van der Waals surface area contributed by atoms with Gasteiger partial charge in [0.25, 0.3) is 0 Å². The van der Waals surface area contributed by atoms with Gasteiger partial charge in [0.1, 0.15) is 23.3 Å². The maximum absolute atomic E-state index is 10.9. The van der Waals surface area contributed by atoms with E-state index >= 15 is 0 Å². The van der Waals surface area contributed by atoms with Gasteiger partial charge in [-0.1, -0.05) is 84.9 Å². The lowest BCUT2D eigenvalue weighted by atomic mass is 10.1. The first-order chi connectivity index (χ1) is 24.7. The van der Waals surface area contributed by atoms with Crippen LogP contribution >= 0.6 is 0 Å². The predicted molar refractivity (Wildman–Crippen MR) is 199 cm³/mol. The van der Waals surface area contributed by atoms with E-state index < -0.39 is 0 Å². The highest BCUT2D eigenvalue weighted by Gasteiger charge is 2.25. The van der Waals surface area contributed by atoms with E-state index in [0.29, 0.717) is 28.1 Å². The molecule has 4 aromatic heterocycles. The number of aromatic nitrogens is 2. The molecule has 6 heteroatoms. The van der Waals surface area contributed by atoms with Gasteiger partial charge in [-0.15, -0.1) is 0 Å². The van der Waals surface area contributed by atoms with Gasteiger partial charge in [-0.25, -0.2) is 0 Å². The summed E-state index contributed by atoms with van der Waals surface area (Å²) in [5.74, 6) is 0. The SMILES string of the molecule is N#Cc1cc(-n2c3ccccc3c3ccc4c5ccccc5oc4c32)cc(C#N)c1-n1c2ccccc2c2ccc3c4ccccc4oc3c21. The Balaban J connectivity index is 1.28. The Hall–Kier alpha value is -7.28. The molecular weight excluding hydrogens is 617 g/mol. The van der Waals surface area contributed by atoms with Gasteiger partial charge in [0.15, 0.2) is 11.2 Å². The summed E-state index contributed by atoms with van der Waals surface area (Å²) in [6.45, 7) is 0. The van der Waals surface area contributed by atoms with Crippen molar-refractivity contribution in [2.75, 3.05) is 0 Å². The smallest absolute Gasteiger partial charge is 0.160 e. The van der Waals surface area contributed by atoms with Gasteiger partial charge < -0.3 is 18.0 Å². The van der Waals surface area contributed by atoms with E-state index in [-0.39, 0.29) is 0 Å². The Morgan fingerprint density at radius 3 is 1.36 bits per heavy atom. The molecule has 6 nitrogen and oxygen atoms in total. The molecule has 11 rings (SSSR count). The average molecular weight is 639 g/mol. The molecule has 0 aliphatic heterocycles. The van der Waals surface area contributed by atoms with E-state index in [0.717, 1.165) is 81.9 Å². The van der Waals surface area contributed by atoms with Gasteiger partial charge >= 0.3 is 0 Å². The molecule has 0 amide bonds. The molecule has 0 saturated carbocycles. The number of fused-ring (bicyclic) bond motifs is 14. The zero-order valence-electron chi connectivity index (χ0n) is 26.3. The minimum atomic E-state index is 0.373. The van der Waals surface area contributed by atoms with Crippen LogP contribution in [-0.2, 0) is 0 Å². The largest absolute Gasteiger partial charge is 0.454 e. The molecule has 0 saturated heterocycles. The molecule has 0 bridgehead atoms. The van der Waals surface area contributed by atoms with Crippen molar-refractivity contribution in [1.29, 1.82) is 10.5 Å². The summed E-state index contributed by atoms with van der Waals surface area (Å²) in [4.78, 5) is 0. The monoisotopic (exact) mass is 638 g/mol. The summed E-state index contributed by atoms with van der Waals surface area (Å²) in [6, 6.07) is 49.6. The number of nitriles is 2. The minimum Gasteiger partial charge on any atom is -0.454 e. The topological polar surface area (TPSA) is 83.7 Å². The highest BCUT2D eigenvalue weighted by atomic mass is 16.3. The first-order valence-corrected chi connectivity index (χ1v) is 16.4. The van der Waals surface area contributed by atoms with Crippen LogP contribution in [0.3, 0.4) is 0 Å². The fourth-order valence-electron chi connectivity index (χ4n) is 8.12. The second kappa shape index (κ2) is 9.64. The van der Waals surface area contributed by atoms with Crippen molar-refractivity contribution < 1.29 is 8.83 Å². The van der Waals surface area contributed by atoms with E-state index in [1.54, 1.807) is 0 Å². The summed E-state index contributed by atoms with van der Waals surface area (Å²) in [6.07, 6.45) is 0. The van der Waals surface area contributed by atoms with Crippen LogP contribution in [0.25, 0.3) is 98.9 Å². The number of para-hydroxylation sites is 4. The van der Waals surface area contributed by atoms with Crippen LogP contribution in [0.5, 0.6) is 0 Å². The van der Waals surface area contributed by atoms with Crippen molar-refractivity contribution in [2.45, 2.75) is 0 Å². The van der Waals surface area contributed by atoms with Crippen molar-refractivity contribution >= 4 is 87.5 Å². The van der Waals surface area contributed by atoms with Crippen LogP contribution in [0.15, 0.2) is 142 Å². The van der Waals surface area contributed by atoms with E-state index in [9.17, 15) is 10.5 Å². The maximum Gasteiger partial charge on any atom is 0.160 e. The summed E-state index contributed by atoms with van der Waals surface area (Å²) in [5, 5.41) is 29.9. The van der Waals surface area contributed by atoms with Crippen molar-refractivity contribution in [3.05, 3.63) is 145 Å². The van der Waals surface area contributed by atoms with Gasteiger partial charge in [-0.3, -0.25) is 0 Å². The van der Waals surface area contributed by atoms with E-state index in [2.05, 4.69) is 71.3 Å². The van der Waals surface area contributed by atoms with Gasteiger partial charge in [-0.05, 0) is 48.5 Å². The van der Waals surface area contributed by atoms with E-state index in [4.69, 9.17) is 8.83 Å². The second-order valence-electron chi connectivity index (χ2n) is 12.7. The van der Waals surface area contributed by atoms with E-state index in [1.807, 2.05) is 83.4 Å². The van der Waals surface area contributed by atoms with Crippen molar-refractivity contribution in [3.63, 3.8) is 0 Å². The third-order valence-electron chi connectivity index (χ3n) is 10.2. The molecule has 0 spiro atoms. The molecule has 0 atom stereocenters. The Bertz CT molecular complexity index is 3320. The maximum atomic E-state index is 10.9. The molecule has 0 N–H and O–H groups in total. The Labute approximate surface area is 283 Å². The van der Waals surface area contributed by atoms with Crippen LogP contribution in [-0.4, -0.2) is 9.13 Å². The van der Waals surface area contributed by atoms with Gasteiger partial charge in [-0.2, -0.15) is 10.5 Å². The zero-order chi connectivity index (χ0) is 33.1. The van der Waals surface area contributed by atoms with Crippen molar-refractivity contribution in [1.82, 2.24) is 9.13 Å². The number of hydrogen-bond acceptors (Lipinski definition) is 4. The fraction of sp³-hybridized carbons (Fsp3) is 0. The highest BCUT2D eigenvalue weighted by Crippen LogP contribution is 2.44. The predicted octanol–water partition coefficient (Wildman–Crippen LogP) is 11.4. The van der Waals surface area contributed by atoms with E-state index in [1.165, 1.54) is 0 Å². The van der Waals surface area contributed by atoms with Gasteiger partial charge in [0, 0.05) is 48.8 Å². The van der Waals surface area contributed by atoms with Crippen molar-refractivity contribution in [2.24, 2.45) is 0 Å². The Morgan fingerprint density at radius 1 is 0.420 bits per heavy atom. The standard InChI is InChI=1S/C44H22N4O2/c45-23-25-21-27(47-36-13-5-1-9-28(36)32-17-19-34-30-11-3-7-15-38(30)49-43(34)41(32)47)22-26(24-46)40(25)48-37-14-6-2-10-29(37)33-18-20-35-31-12-4-8-16-39(31)50-44(35)42(33)48/h1-22H. The molecule has 0 unspecified atom stereocenters. The molecule has 7 aromatic carbocycles. The highest BCUT2D eigenvalue weighted by molar-refractivity contribution is 6.23. The van der Waals surface area contributed by atoms with Crippen LogP contribution in [0.2, 0.25) is 0 Å². The number of benzene rings is 7. The molecule has 4 heterocycles. The number of nitrogens with zero attached hydrogens (tertiary/aromatic N) is 4. The quantitative estimate of drug-likeness (QED) is 0.189. The Kier molecular flexibility index (Phi) is 5.16. The van der Waals surface area contributed by atoms with Gasteiger partial charge in [0.05, 0.1) is 38.9 Å². The first-order valence-electron chi connectivity index (χ1n) is 16.4. The number of hydrogen-bond donors (Lipinski definition) is 0.